The van der Waals surface area contributed by atoms with E-state index in [1.54, 1.807) is 0 Å². The van der Waals surface area contributed by atoms with Crippen LogP contribution in [0.25, 0.3) is 0 Å². The van der Waals surface area contributed by atoms with Gasteiger partial charge < -0.3 is 10.1 Å². The summed E-state index contributed by atoms with van der Waals surface area (Å²) in [5.74, 6) is 0.916. The SMILES string of the molecule is C1CC[C@@H](CCOCC2CC2)NC1. The van der Waals surface area contributed by atoms with Crippen LogP contribution in [-0.2, 0) is 4.74 Å². The van der Waals surface area contributed by atoms with Crippen LogP contribution in [0.1, 0.15) is 38.5 Å². The lowest BCUT2D eigenvalue weighted by molar-refractivity contribution is 0.112. The van der Waals surface area contributed by atoms with Crippen molar-refractivity contribution in [1.29, 1.82) is 0 Å². The summed E-state index contributed by atoms with van der Waals surface area (Å²) in [5.41, 5.74) is 0. The lowest BCUT2D eigenvalue weighted by Crippen LogP contribution is -2.34. The van der Waals surface area contributed by atoms with Crippen LogP contribution in [0.4, 0.5) is 0 Å². The van der Waals surface area contributed by atoms with Gasteiger partial charge in [-0.2, -0.15) is 0 Å². The minimum Gasteiger partial charge on any atom is -0.381 e. The molecule has 2 rings (SSSR count). The van der Waals surface area contributed by atoms with E-state index in [1.165, 1.54) is 45.1 Å². The van der Waals surface area contributed by atoms with Gasteiger partial charge in [-0.05, 0) is 44.6 Å². The first-order valence-electron chi connectivity index (χ1n) is 5.76. The summed E-state index contributed by atoms with van der Waals surface area (Å²) >= 11 is 0. The van der Waals surface area contributed by atoms with E-state index in [-0.39, 0.29) is 0 Å². The molecule has 0 amide bonds. The van der Waals surface area contributed by atoms with Crippen LogP contribution in [0.2, 0.25) is 0 Å². The van der Waals surface area contributed by atoms with E-state index in [0.717, 1.165) is 25.2 Å². The predicted molar refractivity (Wildman–Crippen MR) is 53.8 cm³/mol. The highest BCUT2D eigenvalue weighted by Gasteiger charge is 2.21. The van der Waals surface area contributed by atoms with Crippen molar-refractivity contribution in [3.05, 3.63) is 0 Å². The topological polar surface area (TPSA) is 21.3 Å². The van der Waals surface area contributed by atoms with Gasteiger partial charge in [0, 0.05) is 19.3 Å². The average molecular weight is 183 g/mol. The first-order valence-corrected chi connectivity index (χ1v) is 5.76. The van der Waals surface area contributed by atoms with Gasteiger partial charge >= 0.3 is 0 Å². The van der Waals surface area contributed by atoms with E-state index >= 15 is 0 Å². The second-order valence-corrected chi connectivity index (χ2v) is 4.45. The van der Waals surface area contributed by atoms with Gasteiger partial charge in [0.25, 0.3) is 0 Å². The van der Waals surface area contributed by atoms with Gasteiger partial charge in [-0.3, -0.25) is 0 Å². The van der Waals surface area contributed by atoms with Crippen LogP contribution in [0.15, 0.2) is 0 Å². The summed E-state index contributed by atoms with van der Waals surface area (Å²) in [7, 11) is 0. The molecule has 1 atom stereocenters. The quantitative estimate of drug-likeness (QED) is 0.658. The van der Waals surface area contributed by atoms with Crippen molar-refractivity contribution in [2.24, 2.45) is 5.92 Å². The molecule has 0 aromatic heterocycles. The molecule has 1 N–H and O–H groups in total. The molecular weight excluding hydrogens is 162 g/mol. The Hall–Kier alpha value is -0.0800. The second kappa shape index (κ2) is 4.97. The van der Waals surface area contributed by atoms with E-state index in [1.807, 2.05) is 0 Å². The number of rotatable bonds is 5. The zero-order valence-electron chi connectivity index (χ0n) is 8.43. The first-order chi connectivity index (χ1) is 6.45. The lowest BCUT2D eigenvalue weighted by atomic mass is 10.0. The highest BCUT2D eigenvalue weighted by molar-refractivity contribution is 4.73. The van der Waals surface area contributed by atoms with Crippen molar-refractivity contribution in [1.82, 2.24) is 5.32 Å². The molecule has 0 radical (unpaired) electrons. The summed E-state index contributed by atoms with van der Waals surface area (Å²) in [6.45, 7) is 3.20. The van der Waals surface area contributed by atoms with E-state index in [2.05, 4.69) is 5.32 Å². The summed E-state index contributed by atoms with van der Waals surface area (Å²) in [4.78, 5) is 0. The second-order valence-electron chi connectivity index (χ2n) is 4.45. The maximum atomic E-state index is 5.62. The van der Waals surface area contributed by atoms with E-state index in [9.17, 15) is 0 Å². The molecule has 0 bridgehead atoms. The highest BCUT2D eigenvalue weighted by atomic mass is 16.5. The van der Waals surface area contributed by atoms with Crippen molar-refractivity contribution in [2.45, 2.75) is 44.6 Å². The first kappa shape index (κ1) is 9.47. The molecule has 1 aliphatic carbocycles. The van der Waals surface area contributed by atoms with Gasteiger partial charge in [0.15, 0.2) is 0 Å². The average Bonchev–Trinajstić information content (AvgIpc) is 2.98. The Morgan fingerprint density at radius 1 is 1.15 bits per heavy atom. The van der Waals surface area contributed by atoms with Gasteiger partial charge in [0.2, 0.25) is 0 Å². The summed E-state index contributed by atoms with van der Waals surface area (Å²) in [6.07, 6.45) is 8.14. The largest absolute Gasteiger partial charge is 0.381 e. The number of hydrogen-bond donors (Lipinski definition) is 1. The van der Waals surface area contributed by atoms with Crippen LogP contribution in [0, 0.1) is 5.92 Å². The van der Waals surface area contributed by atoms with Crippen molar-refractivity contribution in [2.75, 3.05) is 19.8 Å². The number of ether oxygens (including phenoxy) is 1. The molecule has 0 aromatic rings. The molecule has 0 unspecified atom stereocenters. The van der Waals surface area contributed by atoms with Crippen LogP contribution in [0.3, 0.4) is 0 Å². The number of nitrogens with one attached hydrogen (secondary N) is 1. The molecule has 1 aliphatic heterocycles. The molecule has 1 heterocycles. The van der Waals surface area contributed by atoms with Gasteiger partial charge in [0.1, 0.15) is 0 Å². The summed E-state index contributed by atoms with van der Waals surface area (Å²) in [6, 6.07) is 0.743. The molecule has 2 nitrogen and oxygen atoms in total. The smallest absolute Gasteiger partial charge is 0.0494 e. The third kappa shape index (κ3) is 3.65. The third-order valence-electron chi connectivity index (χ3n) is 3.07. The molecule has 13 heavy (non-hydrogen) atoms. The van der Waals surface area contributed by atoms with Crippen molar-refractivity contribution < 1.29 is 4.74 Å². The molecule has 2 heteroatoms. The number of piperidine rings is 1. The Labute approximate surface area is 81.0 Å². The summed E-state index contributed by atoms with van der Waals surface area (Å²) < 4.78 is 5.62. The molecule has 2 fully saturated rings. The van der Waals surface area contributed by atoms with Crippen LogP contribution in [-0.4, -0.2) is 25.8 Å². The van der Waals surface area contributed by atoms with Gasteiger partial charge in [0.05, 0.1) is 0 Å². The Kier molecular flexibility index (Phi) is 3.62. The summed E-state index contributed by atoms with van der Waals surface area (Å²) in [5, 5.41) is 3.54. The van der Waals surface area contributed by atoms with Crippen LogP contribution in [0.5, 0.6) is 0 Å². The van der Waals surface area contributed by atoms with Gasteiger partial charge in [-0.1, -0.05) is 6.42 Å². The van der Waals surface area contributed by atoms with Crippen molar-refractivity contribution >= 4 is 0 Å². The van der Waals surface area contributed by atoms with Crippen molar-refractivity contribution in [3.63, 3.8) is 0 Å². The lowest BCUT2D eigenvalue weighted by Gasteiger charge is -2.23. The Bertz CT molecular complexity index is 139. The standard InChI is InChI=1S/C11H21NO/c1-2-7-12-11(3-1)6-8-13-9-10-4-5-10/h10-12H,1-9H2/t11-/m0/s1. The van der Waals surface area contributed by atoms with Gasteiger partial charge in [-0.15, -0.1) is 0 Å². The molecule has 1 saturated carbocycles. The zero-order valence-corrected chi connectivity index (χ0v) is 8.43. The molecule has 76 valence electrons. The van der Waals surface area contributed by atoms with Crippen LogP contribution >= 0.6 is 0 Å². The molecular formula is C11H21NO. The molecule has 1 saturated heterocycles. The fourth-order valence-electron chi connectivity index (χ4n) is 1.93. The minimum absolute atomic E-state index is 0.743. The number of hydrogen-bond acceptors (Lipinski definition) is 2. The van der Waals surface area contributed by atoms with E-state index in [4.69, 9.17) is 4.74 Å². The Morgan fingerprint density at radius 3 is 2.77 bits per heavy atom. The maximum absolute atomic E-state index is 5.62. The monoisotopic (exact) mass is 183 g/mol. The van der Waals surface area contributed by atoms with E-state index in [0.29, 0.717) is 0 Å². The Morgan fingerprint density at radius 2 is 2.08 bits per heavy atom. The normalized spacial score (nSPS) is 29.1. The predicted octanol–water partition coefficient (Wildman–Crippen LogP) is 1.95. The fourth-order valence-corrected chi connectivity index (χ4v) is 1.93. The molecule has 0 aromatic carbocycles. The molecule has 0 spiro atoms. The van der Waals surface area contributed by atoms with Crippen LogP contribution < -0.4 is 5.32 Å². The Balaban J connectivity index is 1.46. The van der Waals surface area contributed by atoms with Crippen molar-refractivity contribution in [3.8, 4) is 0 Å². The van der Waals surface area contributed by atoms with Gasteiger partial charge in [-0.25, -0.2) is 0 Å². The third-order valence-corrected chi connectivity index (χ3v) is 3.07. The maximum Gasteiger partial charge on any atom is 0.0494 e. The minimum atomic E-state index is 0.743. The van der Waals surface area contributed by atoms with E-state index < -0.39 is 0 Å². The molecule has 2 aliphatic rings. The zero-order chi connectivity index (χ0) is 8.93. The fraction of sp³-hybridized carbons (Fsp3) is 1.00. The highest BCUT2D eigenvalue weighted by Crippen LogP contribution is 2.28.